The monoisotopic (exact) mass is 673 g/mol. The highest BCUT2D eigenvalue weighted by Crippen LogP contribution is 2.62. The number of nitrogens with zero attached hydrogens (tertiary/aromatic N) is 4. The summed E-state index contributed by atoms with van der Waals surface area (Å²) in [6.45, 7) is -5.43. The highest BCUT2D eigenvalue weighted by molar-refractivity contribution is 8.08. The first kappa shape index (κ1) is 34.1. The molecular formula is C20H29N5O15P2S. The van der Waals surface area contributed by atoms with Crippen LogP contribution in [0.15, 0.2) is 12.5 Å². The minimum Gasteiger partial charge on any atom is -0.394 e. The maximum atomic E-state index is 12.6. The maximum Gasteiger partial charge on any atom is 0.481 e. The number of terminal acetylenes is 1. The van der Waals surface area contributed by atoms with Crippen LogP contribution in [0.3, 0.4) is 0 Å². The van der Waals surface area contributed by atoms with Crippen LogP contribution in [0.5, 0.6) is 0 Å². The molecule has 2 aromatic rings. The first-order valence-electron chi connectivity index (χ1n) is 12.1. The van der Waals surface area contributed by atoms with E-state index in [-0.39, 0.29) is 17.2 Å². The minimum absolute atomic E-state index is 0.0594. The number of phosphoric acid groups is 1. The van der Waals surface area contributed by atoms with Gasteiger partial charge in [0.25, 0.3) is 0 Å². The van der Waals surface area contributed by atoms with Crippen molar-refractivity contribution < 1.29 is 72.9 Å². The highest BCUT2D eigenvalue weighted by atomic mass is 32.5. The number of rotatable bonds is 10. The molecule has 0 bridgehead atoms. The molecule has 23 heteroatoms. The molecule has 11 N–H and O–H groups in total. The van der Waals surface area contributed by atoms with E-state index < -0.39 is 88.0 Å². The van der Waals surface area contributed by atoms with Crippen LogP contribution in [0.1, 0.15) is 18.6 Å². The molecule has 2 fully saturated rings. The molecule has 2 aromatic heterocycles. The number of phosphoric ester groups is 1. The molecule has 4 heterocycles. The third kappa shape index (κ3) is 6.48. The SMILES string of the molecule is C#C[C@]1(O)[C@H](c2cnn3c(N)ncnc23)O[C@](C)(COP(O)(=S)OP(=O)(O)OC2OC([C@@H](O)CO)C(O)C(O)C2O)[C@H]1O. The standard InChI is InChI=1S/C20H29N5O15P2S/c1-3-20(32)14(8-4-24-25-15(8)22-7-23-18(25)21)38-19(2,17(20)31)6-36-42(35,43)40-41(33,34)39-16-12(30)10(28)11(29)13(37-16)9(27)5-26/h1,4,7,9-14,16-17,26-32H,5-6H2,2H3,(H,33,34)(H,35,43)(H2,21,22,23)/t9-,10?,11?,12?,13?,14-,16?,17+,19+,20-,42?/m0/s1. The topological polar surface area (TPSA) is 314 Å². The molecule has 0 aromatic carbocycles. The van der Waals surface area contributed by atoms with Gasteiger partial charge in [-0.2, -0.15) is 9.61 Å². The molecule has 0 amide bonds. The van der Waals surface area contributed by atoms with Crippen molar-refractivity contribution in [2.24, 2.45) is 0 Å². The second-order valence-corrected chi connectivity index (χ2v) is 14.2. The van der Waals surface area contributed by atoms with E-state index in [0.29, 0.717) is 0 Å². The largest absolute Gasteiger partial charge is 0.481 e. The Morgan fingerprint density at radius 3 is 2.56 bits per heavy atom. The first-order valence-corrected chi connectivity index (χ1v) is 16.2. The lowest BCUT2D eigenvalue weighted by Crippen LogP contribution is -2.61. The molecule has 4 rings (SSSR count). The second kappa shape index (κ2) is 12.2. The van der Waals surface area contributed by atoms with Crippen LogP contribution in [-0.2, 0) is 39.2 Å². The molecule has 0 aliphatic carbocycles. The molecular weight excluding hydrogens is 644 g/mol. The Bertz CT molecular complexity index is 1480. The van der Waals surface area contributed by atoms with Crippen LogP contribution in [0, 0.1) is 12.3 Å². The quantitative estimate of drug-likeness (QED) is 0.0844. The second-order valence-electron chi connectivity index (χ2n) is 9.84. The van der Waals surface area contributed by atoms with E-state index in [2.05, 4.69) is 29.8 Å². The number of nitrogen functional groups attached to an aromatic ring is 1. The van der Waals surface area contributed by atoms with Gasteiger partial charge in [0.05, 0.1) is 19.4 Å². The molecule has 20 nitrogen and oxygen atoms in total. The predicted molar refractivity (Wildman–Crippen MR) is 141 cm³/mol. The third-order valence-corrected chi connectivity index (χ3v) is 10.3. The fraction of sp³-hybridized carbons (Fsp3) is 0.650. The Morgan fingerprint density at radius 1 is 1.26 bits per heavy atom. The number of aliphatic hydroxyl groups excluding tert-OH is 6. The van der Waals surface area contributed by atoms with Gasteiger partial charge in [0.2, 0.25) is 5.95 Å². The zero-order chi connectivity index (χ0) is 32.1. The molecule has 7 unspecified atom stereocenters. The van der Waals surface area contributed by atoms with Crippen molar-refractivity contribution in [1.29, 1.82) is 0 Å². The number of aromatic nitrogens is 4. The van der Waals surface area contributed by atoms with Crippen molar-refractivity contribution in [3.05, 3.63) is 18.1 Å². The average Bonchev–Trinajstić information content (AvgIpc) is 3.46. The van der Waals surface area contributed by atoms with Gasteiger partial charge in [-0.05, 0) is 18.7 Å². The Hall–Kier alpha value is -1.77. The predicted octanol–water partition coefficient (Wildman–Crippen LogP) is -4.21. The van der Waals surface area contributed by atoms with Gasteiger partial charge in [-0.15, -0.1) is 6.42 Å². The summed E-state index contributed by atoms with van der Waals surface area (Å²) in [5.74, 6) is 2.00. The van der Waals surface area contributed by atoms with Gasteiger partial charge in [0.1, 0.15) is 54.7 Å². The van der Waals surface area contributed by atoms with Crippen molar-refractivity contribution in [3.8, 4) is 12.3 Å². The van der Waals surface area contributed by atoms with Gasteiger partial charge in [-0.25, -0.2) is 18.8 Å². The van der Waals surface area contributed by atoms with E-state index in [1.165, 1.54) is 13.1 Å². The maximum absolute atomic E-state index is 12.6. The van der Waals surface area contributed by atoms with Crippen molar-refractivity contribution in [2.45, 2.75) is 67.1 Å². The van der Waals surface area contributed by atoms with Crippen molar-refractivity contribution >= 4 is 37.9 Å². The molecule has 0 saturated carbocycles. The van der Waals surface area contributed by atoms with Crippen molar-refractivity contribution in [2.75, 3.05) is 18.9 Å². The summed E-state index contributed by atoms with van der Waals surface area (Å²) < 4.78 is 38.9. The Kier molecular flexibility index (Phi) is 9.68. The van der Waals surface area contributed by atoms with Crippen molar-refractivity contribution in [3.63, 3.8) is 0 Å². The van der Waals surface area contributed by atoms with E-state index in [1.807, 2.05) is 0 Å². The van der Waals surface area contributed by atoms with Gasteiger partial charge in [0, 0.05) is 5.56 Å². The summed E-state index contributed by atoms with van der Waals surface area (Å²) in [4.78, 5) is 28.5. The normalized spacial score (nSPS) is 38.3. The number of hydrogen-bond donors (Lipinski definition) is 10. The summed E-state index contributed by atoms with van der Waals surface area (Å²) in [5.41, 5.74) is 1.56. The zero-order valence-electron chi connectivity index (χ0n) is 21.9. The Balaban J connectivity index is 1.48. The van der Waals surface area contributed by atoms with E-state index in [1.54, 1.807) is 0 Å². The number of aliphatic hydroxyl groups is 7. The summed E-state index contributed by atoms with van der Waals surface area (Å²) in [7, 11) is -5.52. The Labute approximate surface area is 247 Å². The van der Waals surface area contributed by atoms with Gasteiger partial charge in [-0.1, -0.05) is 5.92 Å². The summed E-state index contributed by atoms with van der Waals surface area (Å²) >= 11 is 4.77. The van der Waals surface area contributed by atoms with Crippen LogP contribution in [-0.4, -0.2) is 132 Å². The molecule has 2 aliphatic heterocycles. The average molecular weight is 673 g/mol. The van der Waals surface area contributed by atoms with Gasteiger partial charge in [0.15, 0.2) is 17.5 Å². The van der Waals surface area contributed by atoms with Crippen LogP contribution in [0.4, 0.5) is 5.95 Å². The molecule has 2 saturated heterocycles. The van der Waals surface area contributed by atoms with Gasteiger partial charge in [-0.3, -0.25) is 4.52 Å². The van der Waals surface area contributed by atoms with Gasteiger partial charge < -0.3 is 65.3 Å². The minimum atomic E-state index is -5.52. The zero-order valence-corrected chi connectivity index (χ0v) is 24.5. The van der Waals surface area contributed by atoms with E-state index in [4.69, 9.17) is 43.1 Å². The molecule has 2 aliphatic rings. The number of hydrogen-bond acceptors (Lipinski definition) is 18. The summed E-state index contributed by atoms with van der Waals surface area (Å²) in [6, 6.07) is 0. The number of fused-ring (bicyclic) bond motifs is 1. The van der Waals surface area contributed by atoms with E-state index >= 15 is 0 Å². The van der Waals surface area contributed by atoms with Gasteiger partial charge >= 0.3 is 14.5 Å². The van der Waals surface area contributed by atoms with Crippen LogP contribution in [0.25, 0.3) is 5.65 Å². The first-order chi connectivity index (χ1) is 19.9. The van der Waals surface area contributed by atoms with Crippen LogP contribution in [0.2, 0.25) is 0 Å². The number of nitrogens with two attached hydrogens (primary N) is 1. The lowest BCUT2D eigenvalue weighted by atomic mass is 9.84. The fourth-order valence-corrected chi connectivity index (χ4v) is 7.69. The third-order valence-electron chi connectivity index (χ3n) is 6.78. The van der Waals surface area contributed by atoms with Crippen LogP contribution < -0.4 is 5.73 Å². The molecule has 0 radical (unpaired) electrons. The summed E-state index contributed by atoms with van der Waals surface area (Å²) in [6.07, 6.45) is -7.54. The lowest BCUT2D eigenvalue weighted by Gasteiger charge is -2.41. The number of ether oxygens (including phenoxy) is 2. The molecule has 0 spiro atoms. The summed E-state index contributed by atoms with van der Waals surface area (Å²) in [5, 5.41) is 75.2. The number of anilines is 1. The molecule has 43 heavy (non-hydrogen) atoms. The highest BCUT2D eigenvalue weighted by Gasteiger charge is 2.62. The van der Waals surface area contributed by atoms with Crippen LogP contribution >= 0.6 is 14.5 Å². The Morgan fingerprint density at radius 2 is 1.93 bits per heavy atom. The molecule has 12 atom stereocenters. The fourth-order valence-electron chi connectivity index (χ4n) is 4.53. The smallest absolute Gasteiger partial charge is 0.394 e. The van der Waals surface area contributed by atoms with E-state index in [0.717, 1.165) is 10.8 Å². The lowest BCUT2D eigenvalue weighted by molar-refractivity contribution is -0.292. The van der Waals surface area contributed by atoms with E-state index in [9.17, 15) is 45.0 Å². The molecule has 240 valence electrons. The van der Waals surface area contributed by atoms with Crippen molar-refractivity contribution in [1.82, 2.24) is 19.6 Å².